The van der Waals surface area contributed by atoms with Crippen molar-refractivity contribution in [3.8, 4) is 0 Å². The SMILES string of the molecule is C[C@@H]1CCCCCCCCCCCC(=O)C1. The maximum Gasteiger partial charge on any atom is 0.133 e. The van der Waals surface area contributed by atoms with Crippen LogP contribution < -0.4 is 0 Å². The number of ketones is 1. The summed E-state index contributed by atoms with van der Waals surface area (Å²) in [6.45, 7) is 2.24. The highest BCUT2D eigenvalue weighted by Crippen LogP contribution is 2.18. The average Bonchev–Trinajstić information content (AvgIpc) is 2.25. The van der Waals surface area contributed by atoms with Crippen molar-refractivity contribution < 1.29 is 4.79 Å². The van der Waals surface area contributed by atoms with E-state index in [4.69, 9.17) is 0 Å². The van der Waals surface area contributed by atoms with Crippen molar-refractivity contribution in [3.05, 3.63) is 0 Å². The Hall–Kier alpha value is -0.330. The predicted octanol–water partition coefficient (Wildman–Crippen LogP) is 4.89. The van der Waals surface area contributed by atoms with Crippen LogP contribution >= 0.6 is 0 Å². The summed E-state index contributed by atoms with van der Waals surface area (Å²) in [6, 6.07) is 0. The van der Waals surface area contributed by atoms with Crippen molar-refractivity contribution in [1.82, 2.24) is 0 Å². The second-order valence-corrected chi connectivity index (χ2v) is 5.57. The summed E-state index contributed by atoms with van der Waals surface area (Å²) in [5.41, 5.74) is 0. The largest absolute Gasteiger partial charge is 0.300 e. The molecular formula is C15H28O. The third-order valence-corrected chi connectivity index (χ3v) is 3.73. The highest BCUT2D eigenvalue weighted by molar-refractivity contribution is 5.78. The van der Waals surface area contributed by atoms with E-state index < -0.39 is 0 Å². The van der Waals surface area contributed by atoms with Gasteiger partial charge in [0.2, 0.25) is 0 Å². The molecule has 1 aliphatic carbocycles. The molecule has 1 heteroatoms. The molecule has 1 saturated carbocycles. The first kappa shape index (κ1) is 13.7. The Morgan fingerprint density at radius 2 is 1.31 bits per heavy atom. The van der Waals surface area contributed by atoms with Gasteiger partial charge in [-0.3, -0.25) is 4.79 Å². The van der Waals surface area contributed by atoms with E-state index in [9.17, 15) is 4.79 Å². The van der Waals surface area contributed by atoms with E-state index >= 15 is 0 Å². The number of hydrogen-bond acceptors (Lipinski definition) is 1. The molecule has 0 saturated heterocycles. The lowest BCUT2D eigenvalue weighted by molar-refractivity contribution is -0.120. The van der Waals surface area contributed by atoms with Gasteiger partial charge < -0.3 is 0 Å². The molecular weight excluding hydrogens is 196 g/mol. The van der Waals surface area contributed by atoms with Gasteiger partial charge in [0.05, 0.1) is 0 Å². The fraction of sp³-hybridized carbons (Fsp3) is 0.933. The van der Waals surface area contributed by atoms with Crippen LogP contribution in [0.5, 0.6) is 0 Å². The van der Waals surface area contributed by atoms with Gasteiger partial charge in [-0.05, 0) is 12.3 Å². The third-order valence-electron chi connectivity index (χ3n) is 3.73. The van der Waals surface area contributed by atoms with Crippen LogP contribution in [0.3, 0.4) is 0 Å². The highest BCUT2D eigenvalue weighted by atomic mass is 16.1. The first-order valence-electron chi connectivity index (χ1n) is 7.31. The van der Waals surface area contributed by atoms with E-state index in [1.54, 1.807) is 0 Å². The second-order valence-electron chi connectivity index (χ2n) is 5.57. The second kappa shape index (κ2) is 8.78. The van der Waals surface area contributed by atoms with Crippen molar-refractivity contribution in [2.75, 3.05) is 0 Å². The van der Waals surface area contributed by atoms with Crippen LogP contribution in [0.4, 0.5) is 0 Å². The summed E-state index contributed by atoms with van der Waals surface area (Å²) in [5, 5.41) is 0. The standard InChI is InChI=1S/C15H28O/c1-14-11-9-7-5-3-2-4-6-8-10-12-15(16)13-14/h14H,2-13H2,1H3/t14-/m1/s1. The van der Waals surface area contributed by atoms with Crippen LogP contribution in [0.15, 0.2) is 0 Å². The highest BCUT2D eigenvalue weighted by Gasteiger charge is 2.09. The Morgan fingerprint density at radius 1 is 0.812 bits per heavy atom. The molecule has 1 nitrogen and oxygen atoms in total. The Morgan fingerprint density at radius 3 is 1.94 bits per heavy atom. The van der Waals surface area contributed by atoms with Crippen molar-refractivity contribution in [1.29, 1.82) is 0 Å². The lowest BCUT2D eigenvalue weighted by Gasteiger charge is -2.11. The van der Waals surface area contributed by atoms with Crippen molar-refractivity contribution in [2.45, 2.75) is 84.0 Å². The summed E-state index contributed by atoms with van der Waals surface area (Å²) >= 11 is 0. The van der Waals surface area contributed by atoms with Gasteiger partial charge in [-0.15, -0.1) is 0 Å². The van der Waals surface area contributed by atoms with Crippen LogP contribution in [0.25, 0.3) is 0 Å². The molecule has 0 aromatic heterocycles. The van der Waals surface area contributed by atoms with E-state index in [0.29, 0.717) is 11.7 Å². The Labute approximate surface area is 101 Å². The minimum absolute atomic E-state index is 0.504. The maximum absolute atomic E-state index is 11.7. The Balaban J connectivity index is 2.23. The van der Waals surface area contributed by atoms with E-state index in [1.807, 2.05) is 0 Å². The summed E-state index contributed by atoms with van der Waals surface area (Å²) in [7, 11) is 0. The molecule has 16 heavy (non-hydrogen) atoms. The molecule has 0 radical (unpaired) electrons. The van der Waals surface area contributed by atoms with Crippen LogP contribution in [-0.2, 0) is 4.79 Å². The third kappa shape index (κ3) is 7.03. The molecule has 0 spiro atoms. The van der Waals surface area contributed by atoms with Crippen molar-refractivity contribution in [2.24, 2.45) is 5.92 Å². The van der Waals surface area contributed by atoms with Crippen LogP contribution in [0, 0.1) is 5.92 Å². The van der Waals surface area contributed by atoms with Gasteiger partial charge in [-0.2, -0.15) is 0 Å². The van der Waals surface area contributed by atoms with Gasteiger partial charge >= 0.3 is 0 Å². The predicted molar refractivity (Wildman–Crippen MR) is 69.6 cm³/mol. The molecule has 0 N–H and O–H groups in total. The Bertz CT molecular complexity index is 186. The summed E-state index contributed by atoms with van der Waals surface area (Å²) < 4.78 is 0. The van der Waals surface area contributed by atoms with E-state index in [0.717, 1.165) is 19.3 Å². The van der Waals surface area contributed by atoms with Gasteiger partial charge in [-0.25, -0.2) is 0 Å². The van der Waals surface area contributed by atoms with E-state index in [1.165, 1.54) is 57.8 Å². The number of hydrogen-bond donors (Lipinski definition) is 0. The summed E-state index contributed by atoms with van der Waals surface area (Å²) in [4.78, 5) is 11.7. The van der Waals surface area contributed by atoms with E-state index in [2.05, 4.69) is 6.92 Å². The first-order chi connectivity index (χ1) is 7.79. The fourth-order valence-corrected chi connectivity index (χ4v) is 2.65. The quantitative estimate of drug-likeness (QED) is 0.572. The normalized spacial score (nSPS) is 27.3. The molecule has 0 heterocycles. The molecule has 1 aliphatic rings. The molecule has 0 aromatic carbocycles. The zero-order valence-electron chi connectivity index (χ0n) is 11.0. The molecule has 0 aromatic rings. The maximum atomic E-state index is 11.7. The lowest BCUT2D eigenvalue weighted by Crippen LogP contribution is -2.05. The van der Waals surface area contributed by atoms with Crippen LogP contribution in [0.1, 0.15) is 84.0 Å². The lowest BCUT2D eigenvalue weighted by atomic mass is 9.94. The number of rotatable bonds is 0. The van der Waals surface area contributed by atoms with Gasteiger partial charge in [0.1, 0.15) is 5.78 Å². The molecule has 0 amide bonds. The van der Waals surface area contributed by atoms with Gasteiger partial charge in [0.15, 0.2) is 0 Å². The molecule has 0 bridgehead atoms. The smallest absolute Gasteiger partial charge is 0.133 e. The molecule has 1 atom stereocenters. The molecule has 0 aliphatic heterocycles. The zero-order valence-corrected chi connectivity index (χ0v) is 11.0. The van der Waals surface area contributed by atoms with Crippen molar-refractivity contribution >= 4 is 5.78 Å². The molecule has 1 fully saturated rings. The fourth-order valence-electron chi connectivity index (χ4n) is 2.65. The number of carbonyl (C=O) groups excluding carboxylic acids is 1. The molecule has 1 rings (SSSR count). The van der Waals surface area contributed by atoms with Crippen LogP contribution in [0.2, 0.25) is 0 Å². The topological polar surface area (TPSA) is 17.1 Å². The van der Waals surface area contributed by atoms with Gasteiger partial charge in [-0.1, -0.05) is 64.7 Å². The van der Waals surface area contributed by atoms with Gasteiger partial charge in [0, 0.05) is 12.8 Å². The van der Waals surface area contributed by atoms with Gasteiger partial charge in [0.25, 0.3) is 0 Å². The zero-order chi connectivity index (χ0) is 11.6. The molecule has 0 unspecified atom stereocenters. The minimum atomic E-state index is 0.504. The first-order valence-corrected chi connectivity index (χ1v) is 7.31. The van der Waals surface area contributed by atoms with Crippen LogP contribution in [-0.4, -0.2) is 5.78 Å². The van der Waals surface area contributed by atoms with Crippen molar-refractivity contribution in [3.63, 3.8) is 0 Å². The number of carbonyl (C=O) groups is 1. The summed E-state index contributed by atoms with van der Waals surface area (Å²) in [6.07, 6.45) is 15.0. The monoisotopic (exact) mass is 224 g/mol. The number of Topliss-reactive ketones (excluding diaryl/α,β-unsaturated/α-hetero) is 1. The Kier molecular flexibility index (Phi) is 7.54. The van der Waals surface area contributed by atoms with E-state index in [-0.39, 0.29) is 0 Å². The minimum Gasteiger partial charge on any atom is -0.300 e. The average molecular weight is 224 g/mol. The summed E-state index contributed by atoms with van der Waals surface area (Å²) in [5.74, 6) is 1.12. The molecule has 94 valence electrons.